The summed E-state index contributed by atoms with van der Waals surface area (Å²) in [6.45, 7) is 3.47. The van der Waals surface area contributed by atoms with Crippen LogP contribution in [-0.4, -0.2) is 31.1 Å². The third-order valence-electron chi connectivity index (χ3n) is 4.07. The number of hydrogen-bond donors (Lipinski definition) is 1. The number of carbonyl (C=O) groups is 3. The molecule has 1 aliphatic rings. The van der Waals surface area contributed by atoms with E-state index in [0.717, 1.165) is 6.42 Å². The predicted molar refractivity (Wildman–Crippen MR) is 94.8 cm³/mol. The maximum atomic E-state index is 12.3. The minimum atomic E-state index is -0.556. The molecule has 0 aromatic carbocycles. The van der Waals surface area contributed by atoms with Crippen molar-refractivity contribution in [2.24, 2.45) is 11.8 Å². The number of anilines is 1. The van der Waals surface area contributed by atoms with E-state index in [1.54, 1.807) is 24.4 Å². The number of carbonyl (C=O) groups excluding carboxylic acids is 3. The Bertz CT molecular complexity index is 810. The second-order valence-electron chi connectivity index (χ2n) is 6.03. The maximum absolute atomic E-state index is 12.3. The highest BCUT2D eigenvalue weighted by molar-refractivity contribution is 7.15. The van der Waals surface area contributed by atoms with Gasteiger partial charge >= 0.3 is 11.9 Å². The average Bonchev–Trinajstić information content (AvgIpc) is 3.03. The van der Waals surface area contributed by atoms with Gasteiger partial charge in [-0.3, -0.25) is 9.59 Å². The van der Waals surface area contributed by atoms with Crippen molar-refractivity contribution >= 4 is 34.2 Å². The molecular weight excluding hydrogens is 358 g/mol. The quantitative estimate of drug-likeness (QED) is 0.744. The Labute approximate surface area is 154 Å². The van der Waals surface area contributed by atoms with Crippen molar-refractivity contribution in [1.82, 2.24) is 0 Å². The zero-order valence-corrected chi connectivity index (χ0v) is 15.3. The first kappa shape index (κ1) is 18.2. The van der Waals surface area contributed by atoms with Gasteiger partial charge in [0.2, 0.25) is 0 Å². The van der Waals surface area contributed by atoms with E-state index in [9.17, 15) is 14.4 Å². The normalized spacial score (nSPS) is 18.2. The molecule has 1 saturated carbocycles. The molecule has 2 atom stereocenters. The second kappa shape index (κ2) is 7.74. The summed E-state index contributed by atoms with van der Waals surface area (Å²) in [6, 6.07) is 3.42. The van der Waals surface area contributed by atoms with E-state index in [0.29, 0.717) is 22.2 Å². The summed E-state index contributed by atoms with van der Waals surface area (Å²) in [6.07, 6.45) is 2.30. The number of furan rings is 1. The number of hydrogen-bond acceptors (Lipinski definition) is 7. The van der Waals surface area contributed by atoms with Crippen LogP contribution in [0.4, 0.5) is 5.00 Å². The van der Waals surface area contributed by atoms with Gasteiger partial charge in [0.15, 0.2) is 6.61 Å². The molecule has 26 heavy (non-hydrogen) atoms. The van der Waals surface area contributed by atoms with Crippen LogP contribution in [0.2, 0.25) is 0 Å². The zero-order valence-electron chi connectivity index (χ0n) is 14.4. The third kappa shape index (κ3) is 3.96. The van der Waals surface area contributed by atoms with Crippen LogP contribution in [0.5, 0.6) is 0 Å². The van der Waals surface area contributed by atoms with Crippen LogP contribution in [0.1, 0.15) is 30.6 Å². The lowest BCUT2D eigenvalue weighted by Gasteiger charge is -2.08. The molecular formula is C18H19NO6S. The van der Waals surface area contributed by atoms with Gasteiger partial charge in [-0.15, -0.1) is 11.3 Å². The third-order valence-corrected chi connectivity index (χ3v) is 4.96. The lowest BCUT2D eigenvalue weighted by Crippen LogP contribution is -2.22. The van der Waals surface area contributed by atoms with Crippen molar-refractivity contribution < 1.29 is 28.3 Å². The smallest absolute Gasteiger partial charge is 0.341 e. The van der Waals surface area contributed by atoms with Crippen molar-refractivity contribution in [1.29, 1.82) is 0 Å². The summed E-state index contributed by atoms with van der Waals surface area (Å²) in [4.78, 5) is 36.1. The molecule has 138 valence electrons. The van der Waals surface area contributed by atoms with Crippen LogP contribution in [0.3, 0.4) is 0 Å². The number of rotatable bonds is 7. The Morgan fingerprint density at radius 2 is 2.12 bits per heavy atom. The molecule has 2 heterocycles. The van der Waals surface area contributed by atoms with Gasteiger partial charge in [0, 0.05) is 10.9 Å². The molecule has 2 aromatic rings. The molecule has 1 aliphatic carbocycles. The van der Waals surface area contributed by atoms with E-state index in [2.05, 4.69) is 5.32 Å². The molecule has 8 heteroatoms. The van der Waals surface area contributed by atoms with Gasteiger partial charge in [-0.05, 0) is 31.4 Å². The first-order chi connectivity index (χ1) is 12.5. The summed E-state index contributed by atoms with van der Waals surface area (Å²) < 4.78 is 15.4. The second-order valence-corrected chi connectivity index (χ2v) is 6.91. The number of nitrogens with one attached hydrogen (secondary N) is 1. The van der Waals surface area contributed by atoms with E-state index < -0.39 is 18.5 Å². The van der Waals surface area contributed by atoms with Crippen molar-refractivity contribution in [3.05, 3.63) is 29.3 Å². The molecule has 0 saturated heterocycles. The van der Waals surface area contributed by atoms with Gasteiger partial charge in [0.1, 0.15) is 16.3 Å². The largest absolute Gasteiger partial charge is 0.464 e. The Balaban J connectivity index is 1.71. The Morgan fingerprint density at radius 3 is 2.73 bits per heavy atom. The first-order valence-corrected chi connectivity index (χ1v) is 9.18. The lowest BCUT2D eigenvalue weighted by atomic mass is 10.1. The lowest BCUT2D eigenvalue weighted by molar-refractivity contribution is -0.148. The predicted octanol–water partition coefficient (Wildman–Crippen LogP) is 3.32. The summed E-state index contributed by atoms with van der Waals surface area (Å²) in [7, 11) is 0. The highest BCUT2D eigenvalue weighted by Crippen LogP contribution is 2.39. The molecule has 1 N–H and O–H groups in total. The van der Waals surface area contributed by atoms with Crippen LogP contribution in [0.15, 0.2) is 28.2 Å². The molecule has 0 unspecified atom stereocenters. The minimum Gasteiger partial charge on any atom is -0.464 e. The van der Waals surface area contributed by atoms with Crippen LogP contribution >= 0.6 is 11.3 Å². The molecule has 2 aromatic heterocycles. The molecule has 3 rings (SSSR count). The van der Waals surface area contributed by atoms with Crippen molar-refractivity contribution in [3.8, 4) is 11.3 Å². The highest BCUT2D eigenvalue weighted by atomic mass is 32.1. The molecule has 0 aliphatic heterocycles. The van der Waals surface area contributed by atoms with Crippen molar-refractivity contribution in [2.75, 3.05) is 18.5 Å². The summed E-state index contributed by atoms with van der Waals surface area (Å²) in [5.74, 6) is -0.719. The fraction of sp³-hybridized carbons (Fsp3) is 0.389. The fourth-order valence-corrected chi connectivity index (χ4v) is 3.48. The maximum Gasteiger partial charge on any atom is 0.341 e. The molecule has 0 radical (unpaired) electrons. The highest BCUT2D eigenvalue weighted by Gasteiger charge is 2.40. The number of esters is 2. The summed E-state index contributed by atoms with van der Waals surface area (Å²) in [5.41, 5.74) is 0.764. The Kier molecular flexibility index (Phi) is 5.41. The monoisotopic (exact) mass is 377 g/mol. The molecule has 0 spiro atoms. The summed E-state index contributed by atoms with van der Waals surface area (Å²) >= 11 is 1.18. The van der Waals surface area contributed by atoms with E-state index in [-0.39, 0.29) is 24.1 Å². The van der Waals surface area contributed by atoms with Crippen LogP contribution < -0.4 is 5.32 Å². The number of amides is 1. The standard InChI is InChI=1S/C18H19NO6S/c1-3-23-18(22)15-12(13-5-4-6-24-13)9-26-16(15)19-14(20)8-25-17(21)11-7-10(11)2/h4-6,9-11H,3,7-8H2,1-2H3,(H,19,20)/t10-,11+/m0/s1. The number of thiophene rings is 1. The Hall–Kier alpha value is -2.61. The van der Waals surface area contributed by atoms with Crippen molar-refractivity contribution in [3.63, 3.8) is 0 Å². The van der Waals surface area contributed by atoms with Gasteiger partial charge in [0.25, 0.3) is 5.91 Å². The van der Waals surface area contributed by atoms with E-state index >= 15 is 0 Å². The van der Waals surface area contributed by atoms with Crippen LogP contribution in [0, 0.1) is 11.8 Å². The first-order valence-electron chi connectivity index (χ1n) is 8.30. The van der Waals surface area contributed by atoms with Crippen LogP contribution in [-0.2, 0) is 19.1 Å². The molecule has 1 fully saturated rings. The fourth-order valence-electron chi connectivity index (χ4n) is 2.53. The van der Waals surface area contributed by atoms with Gasteiger partial charge < -0.3 is 19.2 Å². The zero-order chi connectivity index (χ0) is 18.7. The Morgan fingerprint density at radius 1 is 1.35 bits per heavy atom. The minimum absolute atomic E-state index is 0.106. The molecule has 1 amide bonds. The van der Waals surface area contributed by atoms with Gasteiger partial charge in [-0.2, -0.15) is 0 Å². The SMILES string of the molecule is CCOC(=O)c1c(-c2ccco2)csc1NC(=O)COC(=O)[C@@H]1C[C@@H]1C. The van der Waals surface area contributed by atoms with Gasteiger partial charge in [-0.25, -0.2) is 4.79 Å². The van der Waals surface area contributed by atoms with Crippen molar-refractivity contribution in [2.45, 2.75) is 20.3 Å². The van der Waals surface area contributed by atoms with E-state index in [1.807, 2.05) is 6.92 Å². The van der Waals surface area contributed by atoms with Gasteiger partial charge in [0.05, 0.1) is 18.8 Å². The van der Waals surface area contributed by atoms with E-state index in [4.69, 9.17) is 13.9 Å². The topological polar surface area (TPSA) is 94.8 Å². The molecule has 0 bridgehead atoms. The van der Waals surface area contributed by atoms with Crippen LogP contribution in [0.25, 0.3) is 11.3 Å². The van der Waals surface area contributed by atoms with E-state index in [1.165, 1.54) is 17.6 Å². The average molecular weight is 377 g/mol. The van der Waals surface area contributed by atoms with Gasteiger partial charge in [-0.1, -0.05) is 6.92 Å². The molecule has 7 nitrogen and oxygen atoms in total. The summed E-state index contributed by atoms with van der Waals surface area (Å²) in [5, 5.41) is 4.65. The number of ether oxygens (including phenoxy) is 2.